The molecule has 0 spiro atoms. The minimum absolute atomic E-state index is 0.00129. The van der Waals surface area contributed by atoms with Crippen molar-refractivity contribution in [3.8, 4) is 5.75 Å². The fourth-order valence-corrected chi connectivity index (χ4v) is 3.60. The van der Waals surface area contributed by atoms with Crippen LogP contribution in [0.2, 0.25) is 10.0 Å². The minimum Gasteiger partial charge on any atom is -0.497 e. The molecule has 3 rings (SSSR count). The van der Waals surface area contributed by atoms with E-state index in [0.29, 0.717) is 52.9 Å². The van der Waals surface area contributed by atoms with Crippen LogP contribution in [0.1, 0.15) is 33.6 Å². The normalized spacial score (nSPS) is 14.7. The molecule has 1 fully saturated rings. The summed E-state index contributed by atoms with van der Waals surface area (Å²) in [6.45, 7) is 1.16. The van der Waals surface area contributed by atoms with Crippen molar-refractivity contribution < 1.29 is 14.3 Å². The van der Waals surface area contributed by atoms with Crippen molar-refractivity contribution in [2.75, 3.05) is 20.2 Å². The number of hydrogen-bond acceptors (Lipinski definition) is 3. The Hall–Kier alpha value is -2.24. The molecular formula is C20H20Cl2N2O3. The van der Waals surface area contributed by atoms with E-state index in [1.807, 2.05) is 0 Å². The van der Waals surface area contributed by atoms with Gasteiger partial charge in [-0.2, -0.15) is 0 Å². The predicted molar refractivity (Wildman–Crippen MR) is 106 cm³/mol. The van der Waals surface area contributed by atoms with Crippen molar-refractivity contribution in [2.24, 2.45) is 0 Å². The van der Waals surface area contributed by atoms with Gasteiger partial charge < -0.3 is 15.0 Å². The molecule has 1 aliphatic heterocycles. The van der Waals surface area contributed by atoms with Crippen molar-refractivity contribution >= 4 is 35.0 Å². The fourth-order valence-electron chi connectivity index (χ4n) is 3.10. The van der Waals surface area contributed by atoms with Crippen LogP contribution in [0.15, 0.2) is 42.5 Å². The smallest absolute Gasteiger partial charge is 0.253 e. The van der Waals surface area contributed by atoms with Gasteiger partial charge in [0.1, 0.15) is 5.75 Å². The highest BCUT2D eigenvalue weighted by Crippen LogP contribution is 2.22. The average molecular weight is 407 g/mol. The van der Waals surface area contributed by atoms with Gasteiger partial charge in [0.15, 0.2) is 0 Å². The average Bonchev–Trinajstić information content (AvgIpc) is 2.68. The molecule has 1 N–H and O–H groups in total. The van der Waals surface area contributed by atoms with Gasteiger partial charge in [0, 0.05) is 29.7 Å². The van der Waals surface area contributed by atoms with Crippen LogP contribution in [0.4, 0.5) is 0 Å². The van der Waals surface area contributed by atoms with E-state index in [1.165, 1.54) is 0 Å². The van der Waals surface area contributed by atoms with Gasteiger partial charge in [-0.05, 0) is 49.2 Å². The number of piperidine rings is 1. The number of nitrogens with zero attached hydrogens (tertiary/aromatic N) is 1. The Morgan fingerprint density at radius 2 is 1.85 bits per heavy atom. The number of hydrogen-bond donors (Lipinski definition) is 1. The zero-order chi connectivity index (χ0) is 19.4. The summed E-state index contributed by atoms with van der Waals surface area (Å²) in [7, 11) is 1.57. The summed E-state index contributed by atoms with van der Waals surface area (Å²) < 4.78 is 5.17. The number of carbonyl (C=O) groups excluding carboxylic acids is 2. The monoisotopic (exact) mass is 406 g/mol. The number of halogens is 2. The topological polar surface area (TPSA) is 58.6 Å². The molecule has 2 amide bonds. The molecule has 1 aliphatic rings. The van der Waals surface area contributed by atoms with Crippen LogP contribution >= 0.6 is 23.2 Å². The van der Waals surface area contributed by atoms with E-state index in [2.05, 4.69) is 5.32 Å². The first-order valence-corrected chi connectivity index (χ1v) is 9.43. The third-order valence-electron chi connectivity index (χ3n) is 4.61. The van der Waals surface area contributed by atoms with E-state index in [-0.39, 0.29) is 17.9 Å². The van der Waals surface area contributed by atoms with Gasteiger partial charge in [-0.3, -0.25) is 9.59 Å². The first-order chi connectivity index (χ1) is 13.0. The first-order valence-electron chi connectivity index (χ1n) is 8.67. The Bertz CT molecular complexity index is 849. The molecule has 0 aromatic heterocycles. The lowest BCUT2D eigenvalue weighted by Gasteiger charge is -2.32. The maximum absolute atomic E-state index is 12.6. The Morgan fingerprint density at radius 3 is 2.52 bits per heavy atom. The lowest BCUT2D eigenvalue weighted by Crippen LogP contribution is -2.46. The van der Waals surface area contributed by atoms with Crippen molar-refractivity contribution in [1.82, 2.24) is 10.2 Å². The summed E-state index contributed by atoms with van der Waals surface area (Å²) in [5.74, 6) is 0.400. The van der Waals surface area contributed by atoms with Gasteiger partial charge in [-0.15, -0.1) is 0 Å². The van der Waals surface area contributed by atoms with Crippen LogP contribution in [0.5, 0.6) is 5.75 Å². The highest BCUT2D eigenvalue weighted by Gasteiger charge is 2.25. The molecule has 0 radical (unpaired) electrons. The van der Waals surface area contributed by atoms with Crippen LogP contribution in [0.3, 0.4) is 0 Å². The third kappa shape index (κ3) is 4.73. The van der Waals surface area contributed by atoms with Crippen molar-refractivity contribution in [2.45, 2.75) is 18.9 Å². The Labute approximate surface area is 168 Å². The molecule has 142 valence electrons. The molecular weight excluding hydrogens is 387 g/mol. The van der Waals surface area contributed by atoms with E-state index in [0.717, 1.165) is 0 Å². The number of ether oxygens (including phenoxy) is 1. The summed E-state index contributed by atoms with van der Waals surface area (Å²) in [5.41, 5.74) is 1.00. The van der Waals surface area contributed by atoms with Crippen LogP contribution in [-0.4, -0.2) is 43.0 Å². The number of nitrogens with one attached hydrogen (secondary N) is 1. The summed E-state index contributed by atoms with van der Waals surface area (Å²) in [4.78, 5) is 26.9. The molecule has 1 saturated heterocycles. The summed E-state index contributed by atoms with van der Waals surface area (Å²) in [6, 6.07) is 11.9. The Kier molecular flexibility index (Phi) is 6.24. The molecule has 5 nitrogen and oxygen atoms in total. The van der Waals surface area contributed by atoms with Crippen molar-refractivity contribution in [3.05, 3.63) is 63.6 Å². The molecule has 0 unspecified atom stereocenters. The predicted octanol–water partition coefficient (Wildman–Crippen LogP) is 4.04. The van der Waals surface area contributed by atoms with E-state index in [4.69, 9.17) is 27.9 Å². The number of amides is 2. The van der Waals surface area contributed by atoms with Crippen molar-refractivity contribution in [1.29, 1.82) is 0 Å². The molecule has 7 heteroatoms. The van der Waals surface area contributed by atoms with Gasteiger partial charge in [-0.25, -0.2) is 0 Å². The van der Waals surface area contributed by atoms with Crippen LogP contribution < -0.4 is 10.1 Å². The summed E-state index contributed by atoms with van der Waals surface area (Å²) in [6.07, 6.45) is 1.37. The van der Waals surface area contributed by atoms with Gasteiger partial charge in [0.2, 0.25) is 0 Å². The van der Waals surface area contributed by atoms with E-state index in [1.54, 1.807) is 54.5 Å². The van der Waals surface area contributed by atoms with Gasteiger partial charge in [-0.1, -0.05) is 29.3 Å². The lowest BCUT2D eigenvalue weighted by atomic mass is 10.0. The molecule has 27 heavy (non-hydrogen) atoms. The van der Waals surface area contributed by atoms with Gasteiger partial charge in [0.05, 0.1) is 17.7 Å². The Morgan fingerprint density at radius 1 is 1.11 bits per heavy atom. The quantitative estimate of drug-likeness (QED) is 0.833. The third-order valence-corrected chi connectivity index (χ3v) is 5.16. The largest absolute Gasteiger partial charge is 0.497 e. The van der Waals surface area contributed by atoms with Gasteiger partial charge >= 0.3 is 0 Å². The highest BCUT2D eigenvalue weighted by atomic mass is 35.5. The van der Waals surface area contributed by atoms with Crippen LogP contribution in [-0.2, 0) is 0 Å². The molecule has 1 heterocycles. The first kappa shape index (κ1) is 19.5. The Balaban J connectivity index is 1.57. The summed E-state index contributed by atoms with van der Waals surface area (Å²) >= 11 is 12.0. The number of rotatable bonds is 4. The zero-order valence-corrected chi connectivity index (χ0v) is 16.4. The molecule has 2 aromatic rings. The number of likely N-dealkylation sites (tertiary alicyclic amines) is 1. The summed E-state index contributed by atoms with van der Waals surface area (Å²) in [5, 5.41) is 3.80. The number of methoxy groups -OCH3 is 1. The highest BCUT2D eigenvalue weighted by molar-refractivity contribution is 6.36. The maximum atomic E-state index is 12.6. The lowest BCUT2D eigenvalue weighted by molar-refractivity contribution is 0.0697. The molecule has 0 bridgehead atoms. The van der Waals surface area contributed by atoms with E-state index in [9.17, 15) is 9.59 Å². The second kappa shape index (κ2) is 8.63. The van der Waals surface area contributed by atoms with Gasteiger partial charge in [0.25, 0.3) is 11.8 Å². The molecule has 0 aliphatic carbocycles. The van der Waals surface area contributed by atoms with Crippen LogP contribution in [0, 0.1) is 0 Å². The van der Waals surface area contributed by atoms with E-state index >= 15 is 0 Å². The fraction of sp³-hybridized carbons (Fsp3) is 0.300. The zero-order valence-electron chi connectivity index (χ0n) is 14.9. The second-order valence-corrected chi connectivity index (χ2v) is 7.24. The molecule has 0 atom stereocenters. The minimum atomic E-state index is -0.228. The SMILES string of the molecule is COc1cccc(C(=O)N2CCC(NC(=O)c3ccc(Cl)cc3Cl)CC2)c1. The second-order valence-electron chi connectivity index (χ2n) is 6.40. The number of carbonyl (C=O) groups is 2. The standard InChI is InChI=1S/C20H20Cl2N2O3/c1-27-16-4-2-3-13(11-16)20(26)24-9-7-15(8-10-24)23-19(25)17-6-5-14(21)12-18(17)22/h2-6,11-12,15H,7-10H2,1H3,(H,23,25). The maximum Gasteiger partial charge on any atom is 0.253 e. The van der Waals surface area contributed by atoms with E-state index < -0.39 is 0 Å². The number of benzene rings is 2. The van der Waals surface area contributed by atoms with Crippen molar-refractivity contribution in [3.63, 3.8) is 0 Å². The molecule has 2 aromatic carbocycles. The van der Waals surface area contributed by atoms with Crippen LogP contribution in [0.25, 0.3) is 0 Å². The molecule has 0 saturated carbocycles.